The van der Waals surface area contributed by atoms with Crippen molar-refractivity contribution in [3.8, 4) is 5.75 Å². The van der Waals surface area contributed by atoms with Crippen LogP contribution in [-0.2, 0) is 16.1 Å². The second kappa shape index (κ2) is 9.34. The van der Waals surface area contributed by atoms with E-state index in [1.54, 1.807) is 0 Å². The van der Waals surface area contributed by atoms with Gasteiger partial charge in [-0.05, 0) is 24.2 Å². The van der Waals surface area contributed by atoms with E-state index in [4.69, 9.17) is 10.5 Å². The highest BCUT2D eigenvalue weighted by Crippen LogP contribution is 2.12. The third-order valence-corrected chi connectivity index (χ3v) is 3.12. The van der Waals surface area contributed by atoms with Crippen molar-refractivity contribution in [1.29, 1.82) is 0 Å². The van der Waals surface area contributed by atoms with Crippen molar-refractivity contribution in [2.45, 2.75) is 19.9 Å². The Morgan fingerprint density at radius 2 is 2.15 bits per heavy atom. The first-order valence-electron chi connectivity index (χ1n) is 6.90. The molecule has 0 heterocycles. The number of hydrogen-bond donors (Lipinski definition) is 1. The van der Waals surface area contributed by atoms with Crippen molar-refractivity contribution in [1.82, 2.24) is 4.90 Å². The van der Waals surface area contributed by atoms with Crippen LogP contribution in [0.4, 0.5) is 0 Å². The number of rotatable bonds is 9. The van der Waals surface area contributed by atoms with Crippen LogP contribution in [0.2, 0.25) is 0 Å². The summed E-state index contributed by atoms with van der Waals surface area (Å²) in [6, 6.07) is 7.78. The second-order valence-electron chi connectivity index (χ2n) is 4.46. The Morgan fingerprint density at radius 1 is 1.35 bits per heavy atom. The molecule has 0 aliphatic rings. The summed E-state index contributed by atoms with van der Waals surface area (Å²) < 4.78 is 10.3. The molecule has 5 nitrogen and oxygen atoms in total. The molecule has 0 saturated heterocycles. The Labute approximate surface area is 120 Å². The third-order valence-electron chi connectivity index (χ3n) is 3.12. The molecule has 0 saturated carbocycles. The van der Waals surface area contributed by atoms with Gasteiger partial charge in [0.15, 0.2) is 0 Å². The minimum absolute atomic E-state index is 0.181. The summed E-state index contributed by atoms with van der Waals surface area (Å²) in [6.07, 6.45) is 0.410. The smallest absolute Gasteiger partial charge is 0.306 e. The van der Waals surface area contributed by atoms with Gasteiger partial charge >= 0.3 is 5.97 Å². The lowest BCUT2D eigenvalue weighted by atomic mass is 10.2. The van der Waals surface area contributed by atoms with Gasteiger partial charge in [-0.15, -0.1) is 0 Å². The van der Waals surface area contributed by atoms with Crippen molar-refractivity contribution in [3.63, 3.8) is 0 Å². The number of methoxy groups -OCH3 is 1. The lowest BCUT2D eigenvalue weighted by Gasteiger charge is -2.19. The molecular formula is C15H24N2O3. The van der Waals surface area contributed by atoms with Crippen LogP contribution < -0.4 is 10.5 Å². The molecule has 0 aromatic heterocycles. The summed E-state index contributed by atoms with van der Waals surface area (Å²) in [6.45, 7) is 5.51. The van der Waals surface area contributed by atoms with Gasteiger partial charge in [0.2, 0.25) is 0 Å². The molecule has 2 N–H and O–H groups in total. The van der Waals surface area contributed by atoms with Crippen LogP contribution in [0.25, 0.3) is 0 Å². The highest BCUT2D eigenvalue weighted by Gasteiger charge is 2.07. The number of benzene rings is 1. The van der Waals surface area contributed by atoms with E-state index in [0.29, 0.717) is 26.1 Å². The second-order valence-corrected chi connectivity index (χ2v) is 4.46. The normalized spacial score (nSPS) is 10.6. The molecule has 1 rings (SSSR count). The van der Waals surface area contributed by atoms with Crippen molar-refractivity contribution in [2.75, 3.05) is 33.4 Å². The average molecular weight is 280 g/mol. The molecule has 0 spiro atoms. The number of ether oxygens (including phenoxy) is 2. The van der Waals surface area contributed by atoms with Crippen molar-refractivity contribution in [3.05, 3.63) is 29.8 Å². The fourth-order valence-electron chi connectivity index (χ4n) is 1.83. The first-order valence-corrected chi connectivity index (χ1v) is 6.90. The van der Waals surface area contributed by atoms with E-state index < -0.39 is 0 Å². The van der Waals surface area contributed by atoms with Crippen LogP contribution in [0.1, 0.15) is 18.9 Å². The molecule has 0 radical (unpaired) electrons. The van der Waals surface area contributed by atoms with Gasteiger partial charge in [0.25, 0.3) is 0 Å². The summed E-state index contributed by atoms with van der Waals surface area (Å²) >= 11 is 0. The molecule has 0 unspecified atom stereocenters. The predicted molar refractivity (Wildman–Crippen MR) is 78.6 cm³/mol. The van der Waals surface area contributed by atoms with Crippen molar-refractivity contribution in [2.24, 2.45) is 5.73 Å². The zero-order valence-electron chi connectivity index (χ0n) is 12.3. The molecule has 5 heteroatoms. The van der Waals surface area contributed by atoms with Crippen LogP contribution in [0.5, 0.6) is 5.75 Å². The third kappa shape index (κ3) is 6.04. The Kier molecular flexibility index (Phi) is 7.69. The number of hydrogen-bond acceptors (Lipinski definition) is 5. The van der Waals surface area contributed by atoms with Crippen LogP contribution >= 0.6 is 0 Å². The average Bonchev–Trinajstić information content (AvgIpc) is 2.50. The Balaban J connectivity index is 2.31. The number of carbonyl (C=O) groups excluding carboxylic acids is 1. The zero-order valence-corrected chi connectivity index (χ0v) is 12.3. The van der Waals surface area contributed by atoms with E-state index in [0.717, 1.165) is 24.4 Å². The topological polar surface area (TPSA) is 64.8 Å². The summed E-state index contributed by atoms with van der Waals surface area (Å²) in [5, 5.41) is 0. The standard InChI is InChI=1S/C15H24N2O3/c1-3-17(8-7-15(18)19-2)9-10-20-14-6-4-5-13(11-14)12-16/h4-6,11H,3,7-10,12,16H2,1-2H3. The summed E-state index contributed by atoms with van der Waals surface area (Å²) in [5.74, 6) is 0.650. The first-order chi connectivity index (χ1) is 9.69. The highest BCUT2D eigenvalue weighted by atomic mass is 16.5. The van der Waals surface area contributed by atoms with Gasteiger partial charge in [0.05, 0.1) is 13.5 Å². The van der Waals surface area contributed by atoms with Crippen LogP contribution in [0.3, 0.4) is 0 Å². The fourth-order valence-corrected chi connectivity index (χ4v) is 1.83. The molecule has 0 bridgehead atoms. The van der Waals surface area contributed by atoms with Crippen molar-refractivity contribution < 1.29 is 14.3 Å². The van der Waals surface area contributed by atoms with E-state index in [2.05, 4.69) is 16.6 Å². The quantitative estimate of drug-likeness (QED) is 0.693. The molecule has 0 atom stereocenters. The van der Waals surface area contributed by atoms with Gasteiger partial charge in [-0.1, -0.05) is 19.1 Å². The largest absolute Gasteiger partial charge is 0.492 e. The molecule has 20 heavy (non-hydrogen) atoms. The molecule has 0 aliphatic carbocycles. The van der Waals surface area contributed by atoms with Gasteiger partial charge in [-0.25, -0.2) is 0 Å². The van der Waals surface area contributed by atoms with Gasteiger partial charge in [0.1, 0.15) is 12.4 Å². The summed E-state index contributed by atoms with van der Waals surface area (Å²) in [4.78, 5) is 13.3. The maximum atomic E-state index is 11.1. The minimum Gasteiger partial charge on any atom is -0.492 e. The van der Waals surface area contributed by atoms with Gasteiger partial charge in [-0.2, -0.15) is 0 Å². The predicted octanol–water partition coefficient (Wildman–Crippen LogP) is 1.41. The number of likely N-dealkylation sites (N-methyl/N-ethyl adjacent to an activating group) is 1. The van der Waals surface area contributed by atoms with Gasteiger partial charge in [-0.3, -0.25) is 9.69 Å². The van der Waals surface area contributed by atoms with E-state index in [1.807, 2.05) is 24.3 Å². The molecular weight excluding hydrogens is 256 g/mol. The van der Waals surface area contributed by atoms with Gasteiger partial charge < -0.3 is 15.2 Å². The molecule has 0 aliphatic heterocycles. The number of esters is 1. The molecule has 1 aromatic carbocycles. The SMILES string of the molecule is CCN(CCOc1cccc(CN)c1)CCC(=O)OC. The molecule has 112 valence electrons. The van der Waals surface area contributed by atoms with Crippen molar-refractivity contribution >= 4 is 5.97 Å². The number of nitrogens with zero attached hydrogens (tertiary/aromatic N) is 1. The maximum Gasteiger partial charge on any atom is 0.306 e. The van der Waals surface area contributed by atoms with Crippen LogP contribution in [0, 0.1) is 0 Å². The lowest BCUT2D eigenvalue weighted by molar-refractivity contribution is -0.141. The molecule has 0 fully saturated rings. The zero-order chi connectivity index (χ0) is 14.8. The fraction of sp³-hybridized carbons (Fsp3) is 0.533. The van der Waals surface area contributed by atoms with Gasteiger partial charge in [0, 0.05) is 19.6 Å². The molecule has 0 amide bonds. The Morgan fingerprint density at radius 3 is 2.80 bits per heavy atom. The summed E-state index contributed by atoms with van der Waals surface area (Å²) in [7, 11) is 1.41. The van der Waals surface area contributed by atoms with E-state index in [1.165, 1.54) is 7.11 Å². The van der Waals surface area contributed by atoms with E-state index in [9.17, 15) is 4.79 Å². The number of carbonyl (C=O) groups is 1. The first kappa shape index (κ1) is 16.5. The number of nitrogens with two attached hydrogens (primary N) is 1. The maximum absolute atomic E-state index is 11.1. The van der Waals surface area contributed by atoms with Crippen LogP contribution in [-0.4, -0.2) is 44.2 Å². The van der Waals surface area contributed by atoms with E-state index >= 15 is 0 Å². The molecule has 1 aromatic rings. The highest BCUT2D eigenvalue weighted by molar-refractivity contribution is 5.69. The van der Waals surface area contributed by atoms with Crippen LogP contribution in [0.15, 0.2) is 24.3 Å². The lowest BCUT2D eigenvalue weighted by Crippen LogP contribution is -2.30. The Hall–Kier alpha value is -1.59. The minimum atomic E-state index is -0.181. The Bertz CT molecular complexity index is 410. The van der Waals surface area contributed by atoms with E-state index in [-0.39, 0.29) is 5.97 Å². The monoisotopic (exact) mass is 280 g/mol. The summed E-state index contributed by atoms with van der Waals surface area (Å²) in [5.41, 5.74) is 6.65.